The number of amides is 1. The molecule has 0 spiro atoms. The Hall–Kier alpha value is -4.66. The van der Waals surface area contributed by atoms with E-state index in [1.54, 1.807) is 60.9 Å². The van der Waals surface area contributed by atoms with E-state index in [1.165, 1.54) is 32.3 Å². The van der Waals surface area contributed by atoms with Gasteiger partial charge < -0.3 is 24.2 Å². The number of hydrogen-bond donors (Lipinski definition) is 1. The molecule has 0 bridgehead atoms. The summed E-state index contributed by atoms with van der Waals surface area (Å²) in [6.45, 7) is 0.0878. The first-order chi connectivity index (χ1) is 17.4. The predicted octanol–water partition coefficient (Wildman–Crippen LogP) is 3.51. The van der Waals surface area contributed by atoms with Crippen LogP contribution in [0, 0.1) is 0 Å². The van der Waals surface area contributed by atoms with Crippen LogP contribution in [0.1, 0.15) is 33.1 Å². The van der Waals surface area contributed by atoms with Crippen molar-refractivity contribution in [1.29, 1.82) is 0 Å². The van der Waals surface area contributed by atoms with Gasteiger partial charge in [-0.15, -0.1) is 0 Å². The molecule has 9 heteroatoms. The summed E-state index contributed by atoms with van der Waals surface area (Å²) in [5.74, 6) is -1.66. The number of benzene rings is 2. The Morgan fingerprint density at radius 1 is 0.972 bits per heavy atom. The van der Waals surface area contributed by atoms with Gasteiger partial charge in [-0.2, -0.15) is 0 Å². The quantitative estimate of drug-likeness (QED) is 0.233. The van der Waals surface area contributed by atoms with Crippen LogP contribution in [0.25, 0.3) is 5.76 Å². The maximum atomic E-state index is 13.2. The third-order valence-electron chi connectivity index (χ3n) is 5.92. The minimum Gasteiger partial charge on any atom is -0.507 e. The molecule has 1 amide bonds. The zero-order chi connectivity index (χ0) is 25.8. The number of hydrogen-bond acceptors (Lipinski definition) is 8. The van der Waals surface area contributed by atoms with Gasteiger partial charge in [0, 0.05) is 24.5 Å². The van der Waals surface area contributed by atoms with Crippen LogP contribution >= 0.6 is 0 Å². The number of esters is 1. The molecule has 2 heterocycles. The lowest BCUT2D eigenvalue weighted by Crippen LogP contribution is -2.29. The average Bonchev–Trinajstić information content (AvgIpc) is 3.17. The molecule has 0 saturated carbocycles. The molecule has 0 radical (unpaired) electrons. The molecule has 1 aliphatic heterocycles. The number of methoxy groups -OCH3 is 3. The summed E-state index contributed by atoms with van der Waals surface area (Å²) in [5.41, 5.74) is 1.75. The molecule has 0 aliphatic carbocycles. The normalized spacial score (nSPS) is 16.6. The number of aliphatic hydroxyl groups excluding tert-OH is 1. The van der Waals surface area contributed by atoms with E-state index in [4.69, 9.17) is 14.2 Å². The van der Waals surface area contributed by atoms with Crippen molar-refractivity contribution >= 4 is 23.4 Å². The standard InChI is InChI=1S/C27H24N2O7/c1-34-20-11-10-19(13-21(20)35-2)24(30)22-23(17-6-8-18(9-7-17)27(33)36-3)29(26(32)25(22)31)15-16-5-4-12-28-14-16/h4-14,23,30H,15H2,1-3H3/b24-22+. The van der Waals surface area contributed by atoms with Gasteiger partial charge in [-0.25, -0.2) is 4.79 Å². The van der Waals surface area contributed by atoms with Crippen molar-refractivity contribution in [2.45, 2.75) is 12.6 Å². The summed E-state index contributed by atoms with van der Waals surface area (Å²) in [4.78, 5) is 43.8. The van der Waals surface area contributed by atoms with Gasteiger partial charge >= 0.3 is 5.97 Å². The van der Waals surface area contributed by atoms with Crippen molar-refractivity contribution < 1.29 is 33.7 Å². The number of carbonyl (C=O) groups excluding carboxylic acids is 3. The van der Waals surface area contributed by atoms with Gasteiger partial charge in [-0.3, -0.25) is 14.6 Å². The van der Waals surface area contributed by atoms with Gasteiger partial charge in [0.25, 0.3) is 11.7 Å². The number of Topliss-reactive ketones (excluding diaryl/α,β-unsaturated/α-hetero) is 1. The van der Waals surface area contributed by atoms with Crippen molar-refractivity contribution in [3.05, 3.63) is 94.8 Å². The molecule has 4 rings (SSSR count). The van der Waals surface area contributed by atoms with Gasteiger partial charge in [-0.1, -0.05) is 18.2 Å². The zero-order valence-corrected chi connectivity index (χ0v) is 19.9. The largest absolute Gasteiger partial charge is 0.507 e. The van der Waals surface area contributed by atoms with E-state index >= 15 is 0 Å². The number of aromatic nitrogens is 1. The number of carbonyl (C=O) groups is 3. The first-order valence-electron chi connectivity index (χ1n) is 11.0. The number of ketones is 1. The molecule has 2 aromatic carbocycles. The number of ether oxygens (including phenoxy) is 3. The van der Waals surface area contributed by atoms with Gasteiger partial charge in [0.15, 0.2) is 11.5 Å². The molecule has 1 fully saturated rings. The maximum absolute atomic E-state index is 13.2. The molecule has 9 nitrogen and oxygen atoms in total. The molecule has 184 valence electrons. The number of nitrogens with zero attached hydrogens (tertiary/aromatic N) is 2. The van der Waals surface area contributed by atoms with E-state index < -0.39 is 23.7 Å². The van der Waals surface area contributed by atoms with Crippen LogP contribution in [0.5, 0.6) is 11.5 Å². The summed E-state index contributed by atoms with van der Waals surface area (Å²) < 4.78 is 15.3. The Morgan fingerprint density at radius 2 is 1.67 bits per heavy atom. The van der Waals surface area contributed by atoms with Crippen LogP contribution in [0.2, 0.25) is 0 Å². The first kappa shape index (κ1) is 24.5. The van der Waals surface area contributed by atoms with Crippen LogP contribution in [0.3, 0.4) is 0 Å². The second-order valence-corrected chi connectivity index (χ2v) is 7.97. The van der Waals surface area contributed by atoms with Crippen LogP contribution in [-0.2, 0) is 20.9 Å². The highest BCUT2D eigenvalue weighted by molar-refractivity contribution is 6.46. The van der Waals surface area contributed by atoms with Crippen LogP contribution < -0.4 is 9.47 Å². The average molecular weight is 488 g/mol. The molecule has 1 aliphatic rings. The van der Waals surface area contributed by atoms with Crippen molar-refractivity contribution in [1.82, 2.24) is 9.88 Å². The summed E-state index contributed by atoms with van der Waals surface area (Å²) in [6.07, 6.45) is 3.21. The van der Waals surface area contributed by atoms with Gasteiger partial charge in [0.2, 0.25) is 0 Å². The third kappa shape index (κ3) is 4.50. The second-order valence-electron chi connectivity index (χ2n) is 7.97. The Kier molecular flexibility index (Phi) is 7.00. The van der Waals surface area contributed by atoms with E-state index in [-0.39, 0.29) is 23.4 Å². The number of likely N-dealkylation sites (tertiary alicyclic amines) is 1. The van der Waals surface area contributed by atoms with Crippen LogP contribution in [0.15, 0.2) is 72.6 Å². The highest BCUT2D eigenvalue weighted by Crippen LogP contribution is 2.41. The van der Waals surface area contributed by atoms with Crippen molar-refractivity contribution in [3.63, 3.8) is 0 Å². The summed E-state index contributed by atoms with van der Waals surface area (Å²) in [6, 6.07) is 13.6. The monoisotopic (exact) mass is 488 g/mol. The molecule has 1 N–H and O–H groups in total. The Morgan fingerprint density at radius 3 is 2.28 bits per heavy atom. The van der Waals surface area contributed by atoms with Crippen molar-refractivity contribution in [2.24, 2.45) is 0 Å². The summed E-state index contributed by atoms with van der Waals surface area (Å²) in [5, 5.41) is 11.3. The number of rotatable bonds is 7. The highest BCUT2D eigenvalue weighted by atomic mass is 16.5. The lowest BCUT2D eigenvalue weighted by Gasteiger charge is -2.25. The fourth-order valence-electron chi connectivity index (χ4n) is 4.14. The van der Waals surface area contributed by atoms with Gasteiger partial charge in [-0.05, 0) is 47.5 Å². The molecule has 1 atom stereocenters. The molecule has 36 heavy (non-hydrogen) atoms. The number of aliphatic hydroxyl groups is 1. The Labute approximate surface area is 207 Å². The second kappa shape index (κ2) is 10.3. The van der Waals surface area contributed by atoms with E-state index in [0.29, 0.717) is 28.2 Å². The minimum absolute atomic E-state index is 0.0815. The number of pyridine rings is 1. The Bertz CT molecular complexity index is 1330. The fraction of sp³-hybridized carbons (Fsp3) is 0.185. The van der Waals surface area contributed by atoms with E-state index in [1.807, 2.05) is 0 Å². The van der Waals surface area contributed by atoms with E-state index in [0.717, 1.165) is 0 Å². The topological polar surface area (TPSA) is 115 Å². The molecule has 1 aromatic heterocycles. The molecular weight excluding hydrogens is 464 g/mol. The third-order valence-corrected chi connectivity index (χ3v) is 5.92. The lowest BCUT2D eigenvalue weighted by molar-refractivity contribution is -0.140. The molecule has 3 aromatic rings. The first-order valence-corrected chi connectivity index (χ1v) is 11.0. The van der Waals surface area contributed by atoms with E-state index in [9.17, 15) is 19.5 Å². The van der Waals surface area contributed by atoms with Crippen molar-refractivity contribution in [3.8, 4) is 11.5 Å². The lowest BCUT2D eigenvalue weighted by atomic mass is 9.94. The van der Waals surface area contributed by atoms with Crippen LogP contribution in [-0.4, -0.2) is 54.0 Å². The molecular formula is C27H24N2O7. The van der Waals surface area contributed by atoms with Crippen LogP contribution in [0.4, 0.5) is 0 Å². The zero-order valence-electron chi connectivity index (χ0n) is 19.9. The summed E-state index contributed by atoms with van der Waals surface area (Å²) >= 11 is 0. The molecule has 1 saturated heterocycles. The highest BCUT2D eigenvalue weighted by Gasteiger charge is 2.46. The maximum Gasteiger partial charge on any atom is 0.337 e. The molecule has 1 unspecified atom stereocenters. The van der Waals surface area contributed by atoms with Gasteiger partial charge in [0.1, 0.15) is 5.76 Å². The smallest absolute Gasteiger partial charge is 0.337 e. The SMILES string of the molecule is COC(=O)c1ccc(C2/C(=C(\O)c3ccc(OC)c(OC)c3)C(=O)C(=O)N2Cc2cccnc2)cc1. The fourth-order valence-corrected chi connectivity index (χ4v) is 4.14. The van der Waals surface area contributed by atoms with Gasteiger partial charge in [0.05, 0.1) is 38.5 Å². The Balaban J connectivity index is 1.86. The van der Waals surface area contributed by atoms with Crippen molar-refractivity contribution in [2.75, 3.05) is 21.3 Å². The van der Waals surface area contributed by atoms with E-state index in [2.05, 4.69) is 4.98 Å². The minimum atomic E-state index is -0.912. The summed E-state index contributed by atoms with van der Waals surface area (Å²) in [7, 11) is 4.22. The predicted molar refractivity (Wildman–Crippen MR) is 129 cm³/mol.